The van der Waals surface area contributed by atoms with Gasteiger partial charge in [0, 0.05) is 16.1 Å². The lowest BCUT2D eigenvalue weighted by atomic mass is 9.94. The van der Waals surface area contributed by atoms with Crippen LogP contribution in [0.2, 0.25) is 5.02 Å². The average Bonchev–Trinajstić information content (AvgIpc) is 2.60. The lowest BCUT2D eigenvalue weighted by Crippen LogP contribution is -2.45. The smallest absolute Gasteiger partial charge is 0.251 e. The summed E-state index contributed by atoms with van der Waals surface area (Å²) in [4.78, 5) is 37.1. The van der Waals surface area contributed by atoms with E-state index in [0.717, 1.165) is 0 Å². The Bertz CT molecular complexity index is 754. The van der Waals surface area contributed by atoms with Gasteiger partial charge in [-0.25, -0.2) is 0 Å². The predicted octanol–water partition coefficient (Wildman–Crippen LogP) is 3.94. The fraction of sp³-hybridized carbons (Fsp3) is 0.250. The fourth-order valence-electron chi connectivity index (χ4n) is 2.44. The molecule has 130 valence electrons. The largest absolute Gasteiger partial charge is 0.342 e. The van der Waals surface area contributed by atoms with Crippen LogP contribution in [-0.2, 0) is 4.79 Å². The third-order valence-electron chi connectivity index (χ3n) is 3.84. The molecular formula is C20H20ClNO3. The van der Waals surface area contributed by atoms with E-state index in [0.29, 0.717) is 16.1 Å². The van der Waals surface area contributed by atoms with Crippen molar-refractivity contribution in [1.82, 2.24) is 5.32 Å². The van der Waals surface area contributed by atoms with Crippen molar-refractivity contribution in [3.8, 4) is 0 Å². The highest BCUT2D eigenvalue weighted by Gasteiger charge is 2.26. The Hall–Kier alpha value is -2.46. The molecule has 1 atom stereocenters. The van der Waals surface area contributed by atoms with Gasteiger partial charge in [0.1, 0.15) is 0 Å². The number of carbonyl (C=O) groups is 3. The van der Waals surface area contributed by atoms with Crippen molar-refractivity contribution in [2.75, 3.05) is 0 Å². The van der Waals surface area contributed by atoms with E-state index in [1.54, 1.807) is 48.5 Å². The molecule has 0 radical (unpaired) electrons. The highest BCUT2D eigenvalue weighted by atomic mass is 35.5. The van der Waals surface area contributed by atoms with Gasteiger partial charge in [-0.05, 0) is 42.3 Å². The average molecular weight is 358 g/mol. The Morgan fingerprint density at radius 2 is 1.52 bits per heavy atom. The minimum Gasteiger partial charge on any atom is -0.342 e. The van der Waals surface area contributed by atoms with Gasteiger partial charge >= 0.3 is 0 Å². The van der Waals surface area contributed by atoms with Crippen LogP contribution in [0.3, 0.4) is 0 Å². The standard InChI is InChI=1S/C20H20ClNO3/c1-13(2)19(22-20(25)15-6-4-3-5-7-15)18(24)12-17(23)14-8-10-16(21)11-9-14/h3-11,13,19H,12H2,1-2H3,(H,22,25)/t19-/m1/s1. The van der Waals surface area contributed by atoms with Crippen molar-refractivity contribution >= 4 is 29.1 Å². The maximum Gasteiger partial charge on any atom is 0.251 e. The monoisotopic (exact) mass is 357 g/mol. The van der Waals surface area contributed by atoms with Gasteiger partial charge in [-0.3, -0.25) is 14.4 Å². The Balaban J connectivity index is 2.06. The lowest BCUT2D eigenvalue weighted by molar-refractivity contribution is -0.121. The Kier molecular flexibility index (Phi) is 6.48. The summed E-state index contributed by atoms with van der Waals surface area (Å²) in [5.74, 6) is -1.05. The molecule has 0 saturated heterocycles. The summed E-state index contributed by atoms with van der Waals surface area (Å²) in [6, 6.07) is 14.3. The van der Waals surface area contributed by atoms with Gasteiger partial charge < -0.3 is 5.32 Å². The number of Topliss-reactive ketones (excluding diaryl/α,β-unsaturated/α-hetero) is 2. The number of rotatable bonds is 7. The summed E-state index contributed by atoms with van der Waals surface area (Å²) in [7, 11) is 0. The summed E-state index contributed by atoms with van der Waals surface area (Å²) in [6.45, 7) is 3.67. The summed E-state index contributed by atoms with van der Waals surface area (Å²) < 4.78 is 0. The van der Waals surface area contributed by atoms with Crippen molar-refractivity contribution in [2.45, 2.75) is 26.3 Å². The van der Waals surface area contributed by atoms with E-state index in [-0.39, 0.29) is 29.8 Å². The quantitative estimate of drug-likeness (QED) is 0.603. The number of carbonyl (C=O) groups excluding carboxylic acids is 3. The molecular weight excluding hydrogens is 338 g/mol. The minimum atomic E-state index is -0.719. The van der Waals surface area contributed by atoms with Crippen molar-refractivity contribution in [1.29, 1.82) is 0 Å². The van der Waals surface area contributed by atoms with E-state index in [4.69, 9.17) is 11.6 Å². The Morgan fingerprint density at radius 1 is 0.920 bits per heavy atom. The molecule has 0 aliphatic carbocycles. The maximum atomic E-state index is 12.5. The molecule has 5 heteroatoms. The first kappa shape index (κ1) is 18.9. The molecule has 0 aliphatic rings. The van der Waals surface area contributed by atoms with E-state index in [9.17, 15) is 14.4 Å². The molecule has 0 fully saturated rings. The van der Waals surface area contributed by atoms with E-state index in [2.05, 4.69) is 5.32 Å². The van der Waals surface area contributed by atoms with Crippen molar-refractivity contribution < 1.29 is 14.4 Å². The minimum absolute atomic E-state index is 0.127. The van der Waals surface area contributed by atoms with Gasteiger partial charge in [-0.15, -0.1) is 0 Å². The Morgan fingerprint density at radius 3 is 2.08 bits per heavy atom. The number of hydrogen-bond acceptors (Lipinski definition) is 3. The number of hydrogen-bond donors (Lipinski definition) is 1. The van der Waals surface area contributed by atoms with E-state index in [1.165, 1.54) is 0 Å². The first-order valence-corrected chi connectivity index (χ1v) is 8.43. The van der Waals surface area contributed by atoms with Gasteiger partial charge in [0.25, 0.3) is 5.91 Å². The van der Waals surface area contributed by atoms with Crippen molar-refractivity contribution in [3.63, 3.8) is 0 Å². The second-order valence-corrected chi connectivity index (χ2v) is 6.57. The van der Waals surface area contributed by atoms with Crippen molar-refractivity contribution in [2.24, 2.45) is 5.92 Å². The molecule has 1 N–H and O–H groups in total. The van der Waals surface area contributed by atoms with Crippen LogP contribution in [0.4, 0.5) is 0 Å². The van der Waals surface area contributed by atoms with E-state index in [1.807, 2.05) is 19.9 Å². The predicted molar refractivity (Wildman–Crippen MR) is 97.9 cm³/mol. The molecule has 4 nitrogen and oxygen atoms in total. The highest BCUT2D eigenvalue weighted by molar-refractivity contribution is 6.30. The van der Waals surface area contributed by atoms with Crippen LogP contribution < -0.4 is 5.32 Å². The van der Waals surface area contributed by atoms with Crippen LogP contribution in [0.5, 0.6) is 0 Å². The van der Waals surface area contributed by atoms with E-state index >= 15 is 0 Å². The zero-order valence-corrected chi connectivity index (χ0v) is 14.9. The maximum absolute atomic E-state index is 12.5. The fourth-order valence-corrected chi connectivity index (χ4v) is 2.57. The SMILES string of the molecule is CC(C)[C@@H](NC(=O)c1ccccc1)C(=O)CC(=O)c1ccc(Cl)cc1. The molecule has 0 aliphatic heterocycles. The molecule has 25 heavy (non-hydrogen) atoms. The summed E-state index contributed by atoms with van der Waals surface area (Å²) in [5.41, 5.74) is 0.902. The molecule has 0 heterocycles. The van der Waals surface area contributed by atoms with Gasteiger partial charge in [0.2, 0.25) is 0 Å². The topological polar surface area (TPSA) is 63.2 Å². The molecule has 2 rings (SSSR count). The molecule has 1 amide bonds. The molecule has 0 bridgehead atoms. The second-order valence-electron chi connectivity index (χ2n) is 6.13. The van der Waals surface area contributed by atoms with Crippen LogP contribution in [0, 0.1) is 5.92 Å². The molecule has 0 saturated carbocycles. The third-order valence-corrected chi connectivity index (χ3v) is 4.09. The molecule has 2 aromatic rings. The highest BCUT2D eigenvalue weighted by Crippen LogP contribution is 2.14. The Labute approximate surface area is 152 Å². The number of benzene rings is 2. The van der Waals surface area contributed by atoms with Crippen LogP contribution in [-0.4, -0.2) is 23.5 Å². The van der Waals surface area contributed by atoms with Gasteiger partial charge in [-0.2, -0.15) is 0 Å². The first-order valence-electron chi connectivity index (χ1n) is 8.06. The zero-order chi connectivity index (χ0) is 18.4. The van der Waals surface area contributed by atoms with Gasteiger partial charge in [0.15, 0.2) is 11.6 Å². The molecule has 0 spiro atoms. The van der Waals surface area contributed by atoms with Crippen LogP contribution in [0.25, 0.3) is 0 Å². The normalized spacial score (nSPS) is 11.8. The molecule has 0 unspecified atom stereocenters. The van der Waals surface area contributed by atoms with Crippen LogP contribution in [0.15, 0.2) is 54.6 Å². The second kappa shape index (κ2) is 8.58. The first-order chi connectivity index (χ1) is 11.9. The number of halogens is 1. The van der Waals surface area contributed by atoms with Gasteiger partial charge in [-0.1, -0.05) is 43.6 Å². The van der Waals surface area contributed by atoms with Crippen molar-refractivity contribution in [3.05, 3.63) is 70.7 Å². The third kappa shape index (κ3) is 5.26. The molecule has 0 aromatic heterocycles. The van der Waals surface area contributed by atoms with Crippen LogP contribution >= 0.6 is 11.6 Å². The summed E-state index contributed by atoms with van der Waals surface area (Å²) in [5, 5.41) is 3.26. The number of nitrogens with one attached hydrogen (secondary N) is 1. The summed E-state index contributed by atoms with van der Waals surface area (Å²) >= 11 is 5.80. The van der Waals surface area contributed by atoms with E-state index < -0.39 is 6.04 Å². The number of ketones is 2. The number of amides is 1. The van der Waals surface area contributed by atoms with Crippen LogP contribution in [0.1, 0.15) is 41.0 Å². The summed E-state index contributed by atoms with van der Waals surface area (Å²) in [6.07, 6.45) is -0.264. The zero-order valence-electron chi connectivity index (χ0n) is 14.2. The lowest BCUT2D eigenvalue weighted by Gasteiger charge is -2.21. The van der Waals surface area contributed by atoms with Gasteiger partial charge in [0.05, 0.1) is 12.5 Å². The molecule has 2 aromatic carbocycles.